The van der Waals surface area contributed by atoms with E-state index in [-0.39, 0.29) is 62.0 Å². The first kappa shape index (κ1) is 27.6. The van der Waals surface area contributed by atoms with E-state index < -0.39 is 15.9 Å². The van der Waals surface area contributed by atoms with Crippen molar-refractivity contribution >= 4 is 10.1 Å². The predicted molar refractivity (Wildman–Crippen MR) is 113 cm³/mol. The third-order valence-electron chi connectivity index (χ3n) is 4.92. The van der Waals surface area contributed by atoms with Gasteiger partial charge in [0.15, 0.2) is 0 Å². The zero-order chi connectivity index (χ0) is 21.1. The van der Waals surface area contributed by atoms with Crippen molar-refractivity contribution < 1.29 is 74.2 Å². The molecule has 0 heterocycles. The van der Waals surface area contributed by atoms with Gasteiger partial charge in [-0.3, -0.25) is 4.55 Å². The summed E-state index contributed by atoms with van der Waals surface area (Å²) in [6.07, 6.45) is 11.0. The van der Waals surface area contributed by atoms with E-state index in [9.17, 15) is 18.1 Å². The molecule has 7 heteroatoms. The molecule has 2 aromatic carbocycles. The van der Waals surface area contributed by atoms with E-state index in [0.717, 1.165) is 25.3 Å². The minimum Gasteiger partial charge on any atom is -0.870 e. The van der Waals surface area contributed by atoms with Crippen molar-refractivity contribution in [3.05, 3.63) is 48.0 Å². The Bertz CT molecular complexity index is 853. The topological polar surface area (TPSA) is 86.7 Å². The summed E-state index contributed by atoms with van der Waals surface area (Å²) < 4.78 is 38.1. The average Bonchev–Trinajstić information content (AvgIpc) is 2.69. The summed E-state index contributed by atoms with van der Waals surface area (Å²) in [5.74, 6) is 0.0932. The fourth-order valence-corrected chi connectivity index (χ4v) is 3.86. The second-order valence-corrected chi connectivity index (χ2v) is 8.80. The minimum atomic E-state index is -4.44. The van der Waals surface area contributed by atoms with Crippen molar-refractivity contribution in [1.82, 2.24) is 0 Å². The molecule has 2 aromatic rings. The van der Waals surface area contributed by atoms with Crippen LogP contribution in [0.15, 0.2) is 47.4 Å². The van der Waals surface area contributed by atoms with Gasteiger partial charge < -0.3 is 9.84 Å². The quantitative estimate of drug-likeness (QED) is 0.283. The van der Waals surface area contributed by atoms with Gasteiger partial charge in [0.05, 0.1) is 4.90 Å². The van der Waals surface area contributed by atoms with Crippen LogP contribution in [0.4, 0.5) is 0 Å². The maximum Gasteiger partial charge on any atom is 1.00 e. The molecular weight excluding hydrogens is 427 g/mol. The molecule has 0 radical (unpaired) electrons. The molecule has 0 fully saturated rings. The largest absolute Gasteiger partial charge is 1.00 e. The first-order chi connectivity index (χ1) is 13.9. The number of aryl methyl sites for hydroxylation is 1. The van der Waals surface area contributed by atoms with Crippen LogP contribution in [-0.4, -0.2) is 13.0 Å². The van der Waals surface area contributed by atoms with Crippen LogP contribution < -0.4 is 61.2 Å². The first-order valence-corrected chi connectivity index (χ1v) is 11.9. The fraction of sp³-hybridized carbons (Fsp3) is 0.478. The molecule has 160 valence electrons. The van der Waals surface area contributed by atoms with Gasteiger partial charge >= 0.3 is 51.4 Å². The molecule has 1 N–H and O–H groups in total. The Hall–Kier alpha value is -0.414. The van der Waals surface area contributed by atoms with E-state index >= 15 is 0 Å². The SMILES string of the molecule is CCCCCCCCCCCc1cc(S(=O)(=O)O)cc([O-])c1Oc1ccccc1.[K+]. The van der Waals surface area contributed by atoms with Crippen LogP contribution in [0.5, 0.6) is 17.2 Å². The van der Waals surface area contributed by atoms with Crippen LogP contribution in [0, 0.1) is 0 Å². The minimum absolute atomic E-state index is 0. The molecule has 0 saturated carbocycles. The molecule has 0 aliphatic carbocycles. The zero-order valence-corrected chi connectivity index (χ0v) is 22.0. The monoisotopic (exact) mass is 458 g/mol. The van der Waals surface area contributed by atoms with Gasteiger partial charge in [0.1, 0.15) is 11.5 Å². The molecule has 0 spiro atoms. The Morgan fingerprint density at radius 1 is 0.900 bits per heavy atom. The summed E-state index contributed by atoms with van der Waals surface area (Å²) >= 11 is 0. The zero-order valence-electron chi connectivity index (χ0n) is 18.1. The van der Waals surface area contributed by atoms with Crippen LogP contribution in [0.3, 0.4) is 0 Å². The standard InChI is InChI=1S/C23H32O5S.K/c1-2-3-4-5-6-7-8-9-11-14-19-17-21(29(25,26)27)18-22(24)23(19)28-20-15-12-10-13-16-20;/h10,12-13,15-18,24H,2-9,11,14H2,1H3,(H,25,26,27);/q;+1/p-1. The number of ether oxygens (including phenoxy) is 1. The van der Waals surface area contributed by atoms with Crippen molar-refractivity contribution in [2.75, 3.05) is 0 Å². The molecule has 0 aromatic heterocycles. The van der Waals surface area contributed by atoms with Crippen molar-refractivity contribution in [3.8, 4) is 17.2 Å². The predicted octanol–water partition coefficient (Wildman–Crippen LogP) is 2.88. The van der Waals surface area contributed by atoms with Crippen molar-refractivity contribution in [3.63, 3.8) is 0 Å². The summed E-state index contributed by atoms with van der Waals surface area (Å²) in [7, 11) is -4.44. The van der Waals surface area contributed by atoms with Crippen LogP contribution in [0.2, 0.25) is 0 Å². The molecule has 0 aliphatic rings. The van der Waals surface area contributed by atoms with E-state index in [4.69, 9.17) is 4.74 Å². The molecule has 0 aliphatic heterocycles. The Balaban J connectivity index is 0.00000450. The van der Waals surface area contributed by atoms with Crippen LogP contribution in [-0.2, 0) is 16.5 Å². The Morgan fingerprint density at radius 2 is 1.47 bits per heavy atom. The maximum atomic E-state index is 12.5. The van der Waals surface area contributed by atoms with Gasteiger partial charge in [0.2, 0.25) is 0 Å². The van der Waals surface area contributed by atoms with Crippen molar-refractivity contribution in [2.24, 2.45) is 0 Å². The molecule has 5 nitrogen and oxygen atoms in total. The molecule has 0 amide bonds. The van der Waals surface area contributed by atoms with Crippen LogP contribution in [0.1, 0.15) is 70.3 Å². The molecule has 0 bridgehead atoms. The van der Waals surface area contributed by atoms with Crippen LogP contribution >= 0.6 is 0 Å². The number of unbranched alkanes of at least 4 members (excludes halogenated alkanes) is 8. The smallest absolute Gasteiger partial charge is 0.870 e. The average molecular weight is 459 g/mol. The molecule has 2 rings (SSSR count). The normalized spacial score (nSPS) is 11.1. The molecular formula is C23H31KO5S. The molecule has 0 unspecified atom stereocenters. The third kappa shape index (κ3) is 9.81. The van der Waals surface area contributed by atoms with Gasteiger partial charge in [-0.1, -0.05) is 82.2 Å². The van der Waals surface area contributed by atoms with E-state index in [1.165, 1.54) is 44.6 Å². The van der Waals surface area contributed by atoms with E-state index in [1.54, 1.807) is 24.3 Å². The molecule has 0 atom stereocenters. The number of rotatable bonds is 13. The van der Waals surface area contributed by atoms with Crippen LogP contribution in [0.25, 0.3) is 0 Å². The van der Waals surface area contributed by atoms with Gasteiger partial charge in [-0.05, 0) is 42.7 Å². The van der Waals surface area contributed by atoms with E-state index in [2.05, 4.69) is 6.92 Å². The Morgan fingerprint density at radius 3 is 2.03 bits per heavy atom. The summed E-state index contributed by atoms with van der Waals surface area (Å²) in [6, 6.07) is 11.2. The van der Waals surface area contributed by atoms with Gasteiger partial charge in [-0.2, -0.15) is 8.42 Å². The van der Waals surface area contributed by atoms with Gasteiger partial charge in [-0.15, -0.1) is 0 Å². The Labute approximate surface area is 223 Å². The van der Waals surface area contributed by atoms with E-state index in [1.807, 2.05) is 6.07 Å². The second kappa shape index (κ2) is 14.6. The number of para-hydroxylation sites is 1. The number of benzene rings is 2. The van der Waals surface area contributed by atoms with E-state index in [0.29, 0.717) is 17.7 Å². The summed E-state index contributed by atoms with van der Waals surface area (Å²) in [6.45, 7) is 2.21. The summed E-state index contributed by atoms with van der Waals surface area (Å²) in [4.78, 5) is -0.381. The van der Waals surface area contributed by atoms with Gasteiger partial charge in [0.25, 0.3) is 10.1 Å². The van der Waals surface area contributed by atoms with Gasteiger partial charge in [0, 0.05) is 0 Å². The first-order valence-electron chi connectivity index (χ1n) is 10.5. The molecule has 30 heavy (non-hydrogen) atoms. The molecule has 0 saturated heterocycles. The number of hydrogen-bond donors (Lipinski definition) is 1. The third-order valence-corrected chi connectivity index (χ3v) is 5.75. The van der Waals surface area contributed by atoms with Crippen molar-refractivity contribution in [1.29, 1.82) is 0 Å². The summed E-state index contributed by atoms with van der Waals surface area (Å²) in [5.41, 5.74) is 0.511. The summed E-state index contributed by atoms with van der Waals surface area (Å²) in [5, 5.41) is 12.5. The second-order valence-electron chi connectivity index (χ2n) is 7.38. The number of hydrogen-bond acceptors (Lipinski definition) is 4. The van der Waals surface area contributed by atoms with Crippen molar-refractivity contribution in [2.45, 2.75) is 76.0 Å². The maximum absolute atomic E-state index is 12.5. The Kier molecular flexibility index (Phi) is 13.5. The fourth-order valence-electron chi connectivity index (χ4n) is 3.31. The van der Waals surface area contributed by atoms with Gasteiger partial charge in [-0.25, -0.2) is 0 Å².